The van der Waals surface area contributed by atoms with E-state index in [9.17, 15) is 18.0 Å². The van der Waals surface area contributed by atoms with Gasteiger partial charge in [0.1, 0.15) is 11.5 Å². The smallest absolute Gasteiger partial charge is 0.295 e. The van der Waals surface area contributed by atoms with E-state index in [1.165, 1.54) is 16.8 Å². The van der Waals surface area contributed by atoms with Crippen molar-refractivity contribution in [3.63, 3.8) is 0 Å². The second kappa shape index (κ2) is 7.69. The highest BCUT2D eigenvalue weighted by Crippen LogP contribution is 2.24. The van der Waals surface area contributed by atoms with Gasteiger partial charge in [0.25, 0.3) is 21.5 Å². The molecule has 1 aromatic heterocycles. The molecule has 2 aliphatic heterocycles. The first kappa shape index (κ1) is 20.9. The maximum Gasteiger partial charge on any atom is 0.295 e. The highest BCUT2D eigenvalue weighted by Gasteiger charge is 2.27. The molecule has 0 radical (unpaired) electrons. The normalized spacial score (nSPS) is 17.2. The van der Waals surface area contributed by atoms with Gasteiger partial charge in [0.05, 0.1) is 22.7 Å². The van der Waals surface area contributed by atoms with Crippen molar-refractivity contribution in [3.8, 4) is 5.69 Å². The number of carbonyl (C=O) groups is 1. The van der Waals surface area contributed by atoms with E-state index in [1.54, 1.807) is 22.8 Å². The minimum Gasteiger partial charge on any atom is -0.330 e. The third-order valence-corrected chi connectivity index (χ3v) is 6.35. The van der Waals surface area contributed by atoms with Crippen LogP contribution in [0, 0.1) is 0 Å². The van der Waals surface area contributed by atoms with Crippen LogP contribution in [0.5, 0.6) is 0 Å². The van der Waals surface area contributed by atoms with E-state index >= 15 is 0 Å². The molecule has 10 heteroatoms. The number of fused-ring (bicyclic) bond motifs is 1. The molecule has 0 saturated carbocycles. The Morgan fingerprint density at radius 3 is 2.55 bits per heavy atom. The van der Waals surface area contributed by atoms with Crippen molar-refractivity contribution in [2.24, 2.45) is 11.4 Å². The summed E-state index contributed by atoms with van der Waals surface area (Å²) in [6, 6.07) is 9.22. The van der Waals surface area contributed by atoms with Crippen LogP contribution in [0.25, 0.3) is 5.69 Å². The number of rotatable bonds is 4. The molecule has 2 aliphatic rings. The van der Waals surface area contributed by atoms with E-state index in [1.807, 2.05) is 44.2 Å². The fraction of sp³-hybridized carbons (Fsp3) is 0.286. The van der Waals surface area contributed by atoms with Gasteiger partial charge in [-0.15, -0.1) is 4.40 Å². The zero-order chi connectivity index (χ0) is 22.3. The highest BCUT2D eigenvalue weighted by atomic mass is 32.2. The number of benzene rings is 1. The van der Waals surface area contributed by atoms with Gasteiger partial charge in [0.15, 0.2) is 0 Å². The van der Waals surface area contributed by atoms with Gasteiger partial charge in [0, 0.05) is 19.8 Å². The van der Waals surface area contributed by atoms with Crippen LogP contribution in [0.3, 0.4) is 0 Å². The summed E-state index contributed by atoms with van der Waals surface area (Å²) in [5.74, 6) is -0.307. The number of anilines is 1. The number of aromatic nitrogens is 2. The second-order valence-corrected chi connectivity index (χ2v) is 9.45. The number of hydrogen-bond acceptors (Lipinski definition) is 5. The van der Waals surface area contributed by atoms with Crippen molar-refractivity contribution < 1.29 is 13.2 Å². The molecule has 9 nitrogen and oxygen atoms in total. The minimum absolute atomic E-state index is 0.0140. The Labute approximate surface area is 180 Å². The van der Waals surface area contributed by atoms with Gasteiger partial charge in [0.2, 0.25) is 0 Å². The molecule has 0 bridgehead atoms. The van der Waals surface area contributed by atoms with Crippen molar-refractivity contribution in [1.29, 1.82) is 0 Å². The molecule has 0 aliphatic carbocycles. The number of hydrogen-bond donors (Lipinski definition) is 1. The largest absolute Gasteiger partial charge is 0.330 e. The van der Waals surface area contributed by atoms with Crippen molar-refractivity contribution in [2.45, 2.75) is 19.8 Å². The van der Waals surface area contributed by atoms with Crippen LogP contribution in [-0.2, 0) is 21.9 Å². The van der Waals surface area contributed by atoms with Crippen molar-refractivity contribution >= 4 is 27.5 Å². The molecule has 0 saturated heterocycles. The van der Waals surface area contributed by atoms with Crippen LogP contribution in [0.1, 0.15) is 25.5 Å². The zero-order valence-electron chi connectivity index (χ0n) is 17.4. The standard InChI is InChI=1S/C21H23N5O4S/c1-14(2)19-18(21(28)26(24(19)3)16-7-5-4-6-8-16)22-20(27)15-9-10-17-23-31(29,30)12-11-25(17)13-15/h4-10,13-14H,11-12H2,1-3H3,(H,22,27). The number of amidine groups is 1. The third-order valence-electron chi connectivity index (χ3n) is 5.18. The number of para-hydroxylation sites is 1. The van der Waals surface area contributed by atoms with Crippen LogP contribution in [0.15, 0.2) is 63.4 Å². The molecule has 3 heterocycles. The van der Waals surface area contributed by atoms with Gasteiger partial charge in [-0.25, -0.2) is 13.1 Å². The molecule has 4 rings (SSSR count). The summed E-state index contributed by atoms with van der Waals surface area (Å²) < 4.78 is 30.3. The van der Waals surface area contributed by atoms with Crippen LogP contribution in [-0.4, -0.2) is 46.7 Å². The Morgan fingerprint density at radius 2 is 1.87 bits per heavy atom. The van der Waals surface area contributed by atoms with E-state index in [4.69, 9.17) is 0 Å². The Bertz CT molecular complexity index is 1300. The van der Waals surface area contributed by atoms with E-state index in [0.717, 1.165) is 0 Å². The summed E-state index contributed by atoms with van der Waals surface area (Å²) in [5, 5.41) is 2.78. The predicted molar refractivity (Wildman–Crippen MR) is 119 cm³/mol. The molecule has 1 aromatic carbocycles. The molecule has 162 valence electrons. The zero-order valence-corrected chi connectivity index (χ0v) is 18.3. The number of nitrogens with one attached hydrogen (secondary N) is 1. The molecule has 2 aromatic rings. The first-order chi connectivity index (χ1) is 14.7. The predicted octanol–water partition coefficient (Wildman–Crippen LogP) is 1.74. The van der Waals surface area contributed by atoms with Gasteiger partial charge in [-0.2, -0.15) is 0 Å². The fourth-order valence-corrected chi connectivity index (χ4v) is 4.75. The first-order valence-electron chi connectivity index (χ1n) is 9.86. The molecule has 0 atom stereocenters. The molecular formula is C21H23N5O4S. The lowest BCUT2D eigenvalue weighted by Gasteiger charge is -2.26. The van der Waals surface area contributed by atoms with Gasteiger partial charge in [-0.3, -0.25) is 14.3 Å². The van der Waals surface area contributed by atoms with E-state index < -0.39 is 15.9 Å². The van der Waals surface area contributed by atoms with Crippen LogP contribution in [0.4, 0.5) is 5.69 Å². The monoisotopic (exact) mass is 441 g/mol. The topological polar surface area (TPSA) is 106 Å². The Kier molecular flexibility index (Phi) is 5.18. The minimum atomic E-state index is -3.47. The summed E-state index contributed by atoms with van der Waals surface area (Å²) in [5.41, 5.74) is 1.61. The van der Waals surface area contributed by atoms with Crippen molar-refractivity contribution in [2.75, 3.05) is 17.6 Å². The van der Waals surface area contributed by atoms with E-state index in [-0.39, 0.29) is 35.3 Å². The quantitative estimate of drug-likeness (QED) is 0.778. The van der Waals surface area contributed by atoms with Crippen LogP contribution in [0.2, 0.25) is 0 Å². The maximum absolute atomic E-state index is 13.2. The molecule has 0 spiro atoms. The van der Waals surface area contributed by atoms with Gasteiger partial charge in [-0.05, 0) is 30.2 Å². The summed E-state index contributed by atoms with van der Waals surface area (Å²) in [6.45, 7) is 4.12. The first-order valence-corrected chi connectivity index (χ1v) is 11.5. The number of carbonyl (C=O) groups excluding carboxylic acids is 1. The summed E-state index contributed by atoms with van der Waals surface area (Å²) >= 11 is 0. The fourth-order valence-electron chi connectivity index (χ4n) is 3.78. The average Bonchev–Trinajstić information content (AvgIpc) is 2.97. The van der Waals surface area contributed by atoms with E-state index in [2.05, 4.69) is 9.71 Å². The van der Waals surface area contributed by atoms with Gasteiger partial charge < -0.3 is 10.2 Å². The van der Waals surface area contributed by atoms with Crippen LogP contribution < -0.4 is 10.9 Å². The molecule has 1 amide bonds. The Hall–Kier alpha value is -3.40. The Balaban J connectivity index is 1.69. The number of nitrogens with zero attached hydrogens (tertiary/aromatic N) is 4. The molecule has 1 N–H and O–H groups in total. The van der Waals surface area contributed by atoms with Gasteiger partial charge in [-0.1, -0.05) is 32.0 Å². The molecule has 31 heavy (non-hydrogen) atoms. The lowest BCUT2D eigenvalue weighted by atomic mass is 10.1. The third kappa shape index (κ3) is 3.86. The lowest BCUT2D eigenvalue weighted by molar-refractivity contribution is -0.112. The molecular weight excluding hydrogens is 418 g/mol. The molecule has 0 fully saturated rings. The van der Waals surface area contributed by atoms with Crippen molar-refractivity contribution in [3.05, 3.63) is 70.3 Å². The summed E-state index contributed by atoms with van der Waals surface area (Å²) in [7, 11) is -1.68. The lowest BCUT2D eigenvalue weighted by Crippen LogP contribution is -2.37. The highest BCUT2D eigenvalue weighted by molar-refractivity contribution is 7.90. The average molecular weight is 442 g/mol. The number of sulfonamides is 1. The summed E-state index contributed by atoms with van der Waals surface area (Å²) in [6.07, 6.45) is 4.54. The van der Waals surface area contributed by atoms with Gasteiger partial charge >= 0.3 is 0 Å². The van der Waals surface area contributed by atoms with Crippen LogP contribution >= 0.6 is 0 Å². The maximum atomic E-state index is 13.2. The van der Waals surface area contributed by atoms with E-state index in [0.29, 0.717) is 17.0 Å². The van der Waals surface area contributed by atoms with Crippen molar-refractivity contribution in [1.82, 2.24) is 14.3 Å². The summed E-state index contributed by atoms with van der Waals surface area (Å²) in [4.78, 5) is 27.8. The SMILES string of the molecule is CC(C)c1c(NC(=O)C2=CN3CCS(=O)(=O)N=C3C=C2)c(=O)n(-c2ccccc2)n1C. The number of amides is 1. The second-order valence-electron chi connectivity index (χ2n) is 7.69. The molecule has 0 unspecified atom stereocenters. The Morgan fingerprint density at radius 1 is 1.16 bits per heavy atom.